The Kier molecular flexibility index (Phi) is 6.20. The Labute approximate surface area is 120 Å². The van der Waals surface area contributed by atoms with Crippen molar-refractivity contribution in [2.45, 2.75) is 19.0 Å². The van der Waals surface area contributed by atoms with Crippen LogP contribution in [0.4, 0.5) is 0 Å². The highest BCUT2D eigenvalue weighted by molar-refractivity contribution is 8.14. The van der Waals surface area contributed by atoms with Crippen LogP contribution in [0, 0.1) is 0 Å². The Morgan fingerprint density at radius 3 is 2.45 bits per heavy atom. The van der Waals surface area contributed by atoms with E-state index in [0.717, 1.165) is 0 Å². The van der Waals surface area contributed by atoms with Crippen molar-refractivity contribution in [3.8, 4) is 0 Å². The topological polar surface area (TPSA) is 109 Å². The van der Waals surface area contributed by atoms with E-state index in [9.17, 15) is 14.4 Å². The number of carbonyl (C=O) groups is 3. The first kappa shape index (κ1) is 16.2. The molecule has 0 saturated carbocycles. The zero-order valence-electron chi connectivity index (χ0n) is 10.9. The van der Waals surface area contributed by atoms with Gasteiger partial charge in [-0.2, -0.15) is 0 Å². The highest BCUT2D eigenvalue weighted by Crippen LogP contribution is 2.11. The number of nitrogens with two attached hydrogens (primary N) is 1. The van der Waals surface area contributed by atoms with Crippen LogP contribution in [-0.2, 0) is 14.4 Å². The Balaban J connectivity index is 2.53. The molecule has 6 nitrogen and oxygen atoms in total. The van der Waals surface area contributed by atoms with E-state index in [1.54, 1.807) is 24.3 Å². The summed E-state index contributed by atoms with van der Waals surface area (Å²) >= 11 is 0.648. The minimum Gasteiger partial charge on any atom is -0.481 e. The molecule has 0 radical (unpaired) electrons. The van der Waals surface area contributed by atoms with Gasteiger partial charge in [0.05, 0.1) is 11.8 Å². The Morgan fingerprint density at radius 1 is 1.30 bits per heavy atom. The van der Waals surface area contributed by atoms with Gasteiger partial charge in [0.15, 0.2) is 0 Å². The lowest BCUT2D eigenvalue weighted by Crippen LogP contribution is -2.42. The quantitative estimate of drug-likeness (QED) is 0.706. The number of benzene rings is 1. The van der Waals surface area contributed by atoms with Crippen molar-refractivity contribution in [2.75, 3.05) is 5.75 Å². The minimum absolute atomic E-state index is 0.330. The average Bonchev–Trinajstić information content (AvgIpc) is 2.44. The summed E-state index contributed by atoms with van der Waals surface area (Å²) in [6.45, 7) is 1.49. The number of hydrogen-bond acceptors (Lipinski definition) is 5. The molecule has 0 bridgehead atoms. The van der Waals surface area contributed by atoms with Crippen LogP contribution in [0.25, 0.3) is 0 Å². The van der Waals surface area contributed by atoms with Crippen LogP contribution in [0.1, 0.15) is 18.5 Å². The fourth-order valence-corrected chi connectivity index (χ4v) is 2.01. The molecule has 1 aromatic carbocycles. The second kappa shape index (κ2) is 7.66. The van der Waals surface area contributed by atoms with Crippen molar-refractivity contribution in [3.05, 3.63) is 35.9 Å². The lowest BCUT2D eigenvalue weighted by atomic mass is 10.1. The van der Waals surface area contributed by atoms with Crippen molar-refractivity contribution in [2.24, 2.45) is 5.73 Å². The molecule has 108 valence electrons. The fraction of sp³-hybridized carbons (Fsp3) is 0.308. The van der Waals surface area contributed by atoms with Gasteiger partial charge in [-0.1, -0.05) is 42.1 Å². The highest BCUT2D eigenvalue weighted by atomic mass is 32.2. The third-order valence-electron chi connectivity index (χ3n) is 2.49. The molecule has 7 heteroatoms. The molecule has 0 aliphatic carbocycles. The summed E-state index contributed by atoms with van der Waals surface area (Å²) in [6, 6.07) is 7.12. The Bertz CT molecular complexity index is 492. The lowest BCUT2D eigenvalue weighted by Gasteiger charge is -2.16. The second-order valence-corrected chi connectivity index (χ2v) is 5.10. The van der Waals surface area contributed by atoms with Gasteiger partial charge in [0.25, 0.3) is 0 Å². The number of carbonyl (C=O) groups excluding carboxylic acids is 2. The molecule has 20 heavy (non-hydrogen) atoms. The van der Waals surface area contributed by atoms with E-state index in [-0.39, 0.29) is 5.75 Å². The maximum atomic E-state index is 11.9. The van der Waals surface area contributed by atoms with Crippen molar-refractivity contribution in [3.63, 3.8) is 0 Å². The Morgan fingerprint density at radius 2 is 1.90 bits per heavy atom. The number of carboxylic acids is 1. The van der Waals surface area contributed by atoms with E-state index in [4.69, 9.17) is 10.8 Å². The van der Waals surface area contributed by atoms with E-state index in [1.165, 1.54) is 6.92 Å². The molecule has 0 saturated heterocycles. The maximum absolute atomic E-state index is 11.9. The minimum atomic E-state index is -1.08. The van der Waals surface area contributed by atoms with Crippen molar-refractivity contribution < 1.29 is 19.5 Å². The van der Waals surface area contributed by atoms with Crippen LogP contribution in [0.3, 0.4) is 0 Å². The van der Waals surface area contributed by atoms with Crippen LogP contribution in [0.2, 0.25) is 0 Å². The SMILES string of the molecule is C[C@@H](NC(=O)C(N)c1ccccc1)C(=O)SCC(=O)O. The summed E-state index contributed by atoms with van der Waals surface area (Å²) in [5.41, 5.74) is 6.43. The van der Waals surface area contributed by atoms with Crippen LogP contribution in [0.5, 0.6) is 0 Å². The number of hydrogen-bond donors (Lipinski definition) is 3. The van der Waals surface area contributed by atoms with Crippen LogP contribution < -0.4 is 11.1 Å². The zero-order valence-corrected chi connectivity index (χ0v) is 11.7. The summed E-state index contributed by atoms with van der Waals surface area (Å²) in [6.07, 6.45) is 0. The van der Waals surface area contributed by atoms with Gasteiger partial charge in [0, 0.05) is 0 Å². The first-order chi connectivity index (χ1) is 9.41. The summed E-state index contributed by atoms with van der Waals surface area (Å²) < 4.78 is 0. The van der Waals surface area contributed by atoms with Crippen LogP contribution >= 0.6 is 11.8 Å². The van der Waals surface area contributed by atoms with Crippen LogP contribution in [0.15, 0.2) is 30.3 Å². The molecule has 0 aliphatic heterocycles. The monoisotopic (exact) mass is 296 g/mol. The van der Waals surface area contributed by atoms with Crippen molar-refractivity contribution in [1.82, 2.24) is 5.32 Å². The number of carboxylic acid groups (broad SMARTS) is 1. The van der Waals surface area contributed by atoms with Gasteiger partial charge < -0.3 is 16.2 Å². The molecule has 0 heterocycles. The molecule has 1 amide bonds. The predicted molar refractivity (Wildman–Crippen MR) is 76.1 cm³/mol. The molecule has 4 N–H and O–H groups in total. The fourth-order valence-electron chi connectivity index (χ4n) is 1.43. The maximum Gasteiger partial charge on any atom is 0.313 e. The number of aliphatic carboxylic acids is 1. The molecule has 2 atom stereocenters. The number of rotatable bonds is 6. The number of amides is 1. The largest absolute Gasteiger partial charge is 0.481 e. The van der Waals surface area contributed by atoms with Gasteiger partial charge in [-0.05, 0) is 12.5 Å². The molecule has 0 aromatic heterocycles. The average molecular weight is 296 g/mol. The third-order valence-corrected chi connectivity index (χ3v) is 3.52. The first-order valence-electron chi connectivity index (χ1n) is 5.91. The molecular formula is C13H16N2O4S. The third kappa shape index (κ3) is 5.02. The molecule has 1 rings (SSSR count). The summed E-state index contributed by atoms with van der Waals surface area (Å²) in [7, 11) is 0. The van der Waals surface area contributed by atoms with Gasteiger partial charge >= 0.3 is 5.97 Å². The summed E-state index contributed by atoms with van der Waals surface area (Å²) in [4.78, 5) is 33.8. The lowest BCUT2D eigenvalue weighted by molar-refractivity contribution is -0.134. The smallest absolute Gasteiger partial charge is 0.313 e. The standard InChI is InChI=1S/C13H16N2O4S/c1-8(13(19)20-7-10(16)17)15-12(18)11(14)9-5-3-2-4-6-9/h2-6,8,11H,7,14H2,1H3,(H,15,18)(H,16,17)/t8-,11?/m1/s1. The van der Waals surface area contributed by atoms with E-state index >= 15 is 0 Å². The normalized spacial score (nSPS) is 13.3. The number of thioether (sulfide) groups is 1. The Hall–Kier alpha value is -1.86. The molecular weight excluding hydrogens is 280 g/mol. The molecule has 1 unspecified atom stereocenters. The first-order valence-corrected chi connectivity index (χ1v) is 6.89. The van der Waals surface area contributed by atoms with Gasteiger partial charge in [-0.3, -0.25) is 14.4 Å². The highest BCUT2D eigenvalue weighted by Gasteiger charge is 2.21. The van der Waals surface area contributed by atoms with Crippen LogP contribution in [-0.4, -0.2) is 33.9 Å². The van der Waals surface area contributed by atoms with Crippen molar-refractivity contribution in [1.29, 1.82) is 0 Å². The summed E-state index contributed by atoms with van der Waals surface area (Å²) in [5.74, 6) is -1.89. The van der Waals surface area contributed by atoms with Gasteiger partial charge in [0.1, 0.15) is 6.04 Å². The molecule has 1 aromatic rings. The van der Waals surface area contributed by atoms with Crippen molar-refractivity contribution >= 4 is 28.8 Å². The van der Waals surface area contributed by atoms with E-state index in [1.807, 2.05) is 6.07 Å². The summed E-state index contributed by atoms with van der Waals surface area (Å²) in [5, 5.41) is 10.5. The molecule has 0 aliphatic rings. The van der Waals surface area contributed by atoms with E-state index in [2.05, 4.69) is 5.32 Å². The van der Waals surface area contributed by atoms with Gasteiger partial charge in [-0.25, -0.2) is 0 Å². The molecule has 0 spiro atoms. The molecule has 0 fully saturated rings. The van der Waals surface area contributed by atoms with Gasteiger partial charge in [0.2, 0.25) is 11.0 Å². The zero-order chi connectivity index (χ0) is 15.1. The predicted octanol–water partition coefficient (Wildman–Crippen LogP) is 0.535. The van der Waals surface area contributed by atoms with Gasteiger partial charge in [-0.15, -0.1) is 0 Å². The number of nitrogens with one attached hydrogen (secondary N) is 1. The van der Waals surface area contributed by atoms with E-state index in [0.29, 0.717) is 17.3 Å². The second-order valence-electron chi connectivity index (χ2n) is 4.12. The van der Waals surface area contributed by atoms with E-state index < -0.39 is 29.1 Å².